The second-order valence-corrected chi connectivity index (χ2v) is 5.36. The summed E-state index contributed by atoms with van der Waals surface area (Å²) in [7, 11) is 0. The lowest BCUT2D eigenvalue weighted by molar-refractivity contribution is 0.0530. The number of rotatable bonds is 4. The fraction of sp³-hybridized carbons (Fsp3) is 0.462. The Kier molecular flexibility index (Phi) is 5.42. The summed E-state index contributed by atoms with van der Waals surface area (Å²) in [4.78, 5) is 11.3. The molecule has 0 heterocycles. The van der Waals surface area contributed by atoms with Crippen LogP contribution in [0.4, 0.5) is 14.9 Å². The number of nitrogens with one attached hydrogen (secondary N) is 2. The van der Waals surface area contributed by atoms with Gasteiger partial charge in [-0.05, 0) is 32.9 Å². The van der Waals surface area contributed by atoms with Gasteiger partial charge in [-0.25, -0.2) is 9.18 Å². The minimum atomic E-state index is -0.535. The van der Waals surface area contributed by atoms with E-state index in [4.69, 9.17) is 16.3 Å². The molecule has 1 amide bonds. The zero-order valence-corrected chi connectivity index (χ0v) is 12.0. The topological polar surface area (TPSA) is 50.4 Å². The molecule has 106 valence electrons. The quantitative estimate of drug-likeness (QED) is 0.835. The van der Waals surface area contributed by atoms with Crippen molar-refractivity contribution in [2.24, 2.45) is 0 Å². The number of carbonyl (C=O) groups is 1. The molecule has 0 bridgehead atoms. The number of para-hydroxylation sites is 1. The molecule has 0 fully saturated rings. The van der Waals surface area contributed by atoms with Crippen LogP contribution in [0.3, 0.4) is 0 Å². The van der Waals surface area contributed by atoms with Crippen LogP contribution in [0.25, 0.3) is 0 Å². The standard InChI is InChI=1S/C13H18ClFN2O2/c1-13(2,3)19-12(18)17-8-7-16-11-9(14)5-4-6-10(11)15/h4-6,16H,7-8H2,1-3H3,(H,17,18). The zero-order valence-electron chi connectivity index (χ0n) is 11.2. The van der Waals surface area contributed by atoms with E-state index in [1.54, 1.807) is 26.8 Å². The Bertz CT molecular complexity index is 427. The molecule has 6 heteroatoms. The third kappa shape index (κ3) is 5.79. The minimum Gasteiger partial charge on any atom is -0.444 e. The Hall–Kier alpha value is -1.49. The molecule has 2 N–H and O–H groups in total. The van der Waals surface area contributed by atoms with E-state index in [1.165, 1.54) is 12.1 Å². The summed E-state index contributed by atoms with van der Waals surface area (Å²) >= 11 is 5.84. The Morgan fingerprint density at radius 3 is 2.63 bits per heavy atom. The van der Waals surface area contributed by atoms with E-state index in [-0.39, 0.29) is 5.69 Å². The number of amides is 1. The van der Waals surface area contributed by atoms with E-state index >= 15 is 0 Å². The lowest BCUT2D eigenvalue weighted by Gasteiger charge is -2.19. The van der Waals surface area contributed by atoms with Gasteiger partial charge in [-0.15, -0.1) is 0 Å². The van der Waals surface area contributed by atoms with Gasteiger partial charge in [-0.1, -0.05) is 17.7 Å². The Morgan fingerprint density at radius 1 is 1.37 bits per heavy atom. The molecule has 1 aromatic rings. The van der Waals surface area contributed by atoms with Crippen LogP contribution < -0.4 is 10.6 Å². The summed E-state index contributed by atoms with van der Waals surface area (Å²) in [6, 6.07) is 4.44. The second-order valence-electron chi connectivity index (χ2n) is 4.95. The molecular formula is C13H18ClFN2O2. The van der Waals surface area contributed by atoms with E-state index in [2.05, 4.69) is 10.6 Å². The first kappa shape index (κ1) is 15.6. The number of alkyl carbamates (subject to hydrolysis) is 1. The molecule has 4 nitrogen and oxygen atoms in total. The van der Waals surface area contributed by atoms with Gasteiger partial charge in [0.2, 0.25) is 0 Å². The van der Waals surface area contributed by atoms with Gasteiger partial charge in [-0.2, -0.15) is 0 Å². The van der Waals surface area contributed by atoms with Crippen LogP contribution in [-0.4, -0.2) is 24.8 Å². The SMILES string of the molecule is CC(C)(C)OC(=O)NCCNc1c(F)cccc1Cl. The number of carbonyl (C=O) groups excluding carboxylic acids is 1. The fourth-order valence-electron chi connectivity index (χ4n) is 1.33. The van der Waals surface area contributed by atoms with Crippen molar-refractivity contribution in [3.8, 4) is 0 Å². The van der Waals surface area contributed by atoms with Crippen molar-refractivity contribution in [3.63, 3.8) is 0 Å². The predicted octanol–water partition coefficient (Wildman–Crippen LogP) is 3.42. The average Bonchev–Trinajstić information content (AvgIpc) is 2.25. The summed E-state index contributed by atoms with van der Waals surface area (Å²) in [6.45, 7) is 6.00. The summed E-state index contributed by atoms with van der Waals surface area (Å²) in [5.74, 6) is -0.426. The molecule has 1 aromatic carbocycles. The van der Waals surface area contributed by atoms with Gasteiger partial charge in [0, 0.05) is 13.1 Å². The molecule has 0 aromatic heterocycles. The molecule has 0 atom stereocenters. The average molecular weight is 289 g/mol. The lowest BCUT2D eigenvalue weighted by Crippen LogP contribution is -2.35. The first-order chi connectivity index (χ1) is 8.79. The van der Waals surface area contributed by atoms with Crippen molar-refractivity contribution in [1.29, 1.82) is 0 Å². The number of ether oxygens (including phenoxy) is 1. The van der Waals surface area contributed by atoms with Gasteiger partial charge >= 0.3 is 6.09 Å². The summed E-state index contributed by atoms with van der Waals surface area (Å²) in [5, 5.41) is 5.68. The zero-order chi connectivity index (χ0) is 14.5. The van der Waals surface area contributed by atoms with E-state index < -0.39 is 17.5 Å². The monoisotopic (exact) mass is 288 g/mol. The second kappa shape index (κ2) is 6.61. The number of benzene rings is 1. The fourth-order valence-corrected chi connectivity index (χ4v) is 1.56. The van der Waals surface area contributed by atoms with Gasteiger partial charge in [0.1, 0.15) is 11.4 Å². The van der Waals surface area contributed by atoms with Crippen molar-refractivity contribution in [3.05, 3.63) is 29.0 Å². The summed E-state index contributed by atoms with van der Waals surface area (Å²) in [5.41, 5.74) is -0.304. The Morgan fingerprint density at radius 2 is 2.05 bits per heavy atom. The van der Waals surface area contributed by atoms with Crippen molar-refractivity contribution in [2.75, 3.05) is 18.4 Å². The minimum absolute atomic E-state index is 0.232. The van der Waals surface area contributed by atoms with E-state index in [0.717, 1.165) is 0 Å². The maximum atomic E-state index is 13.4. The van der Waals surface area contributed by atoms with Crippen LogP contribution >= 0.6 is 11.6 Å². The van der Waals surface area contributed by atoms with E-state index in [1.807, 2.05) is 0 Å². The number of anilines is 1. The van der Waals surface area contributed by atoms with E-state index in [9.17, 15) is 9.18 Å². The van der Waals surface area contributed by atoms with Crippen LogP contribution in [0, 0.1) is 5.82 Å². The van der Waals surface area contributed by atoms with Gasteiger partial charge in [0.25, 0.3) is 0 Å². The molecule has 0 aliphatic rings. The van der Waals surface area contributed by atoms with E-state index in [0.29, 0.717) is 18.1 Å². The van der Waals surface area contributed by atoms with Gasteiger partial charge < -0.3 is 15.4 Å². The van der Waals surface area contributed by atoms with Crippen LogP contribution in [-0.2, 0) is 4.74 Å². The van der Waals surface area contributed by atoms with Gasteiger partial charge in [-0.3, -0.25) is 0 Å². The van der Waals surface area contributed by atoms with Crippen LogP contribution in [0.15, 0.2) is 18.2 Å². The predicted molar refractivity (Wildman–Crippen MR) is 74.1 cm³/mol. The smallest absolute Gasteiger partial charge is 0.407 e. The highest BCUT2D eigenvalue weighted by Crippen LogP contribution is 2.23. The molecule has 0 spiro atoms. The maximum Gasteiger partial charge on any atom is 0.407 e. The largest absolute Gasteiger partial charge is 0.444 e. The number of halogens is 2. The summed E-state index contributed by atoms with van der Waals surface area (Å²) in [6.07, 6.45) is -0.506. The molecule has 0 aliphatic carbocycles. The van der Waals surface area contributed by atoms with Crippen molar-refractivity contribution < 1.29 is 13.9 Å². The Labute approximate surface area is 117 Å². The molecule has 1 rings (SSSR count). The van der Waals surface area contributed by atoms with Crippen molar-refractivity contribution >= 4 is 23.4 Å². The van der Waals surface area contributed by atoms with Crippen molar-refractivity contribution in [1.82, 2.24) is 5.32 Å². The summed E-state index contributed by atoms with van der Waals surface area (Å²) < 4.78 is 18.5. The van der Waals surface area contributed by atoms with Crippen LogP contribution in [0.1, 0.15) is 20.8 Å². The highest BCUT2D eigenvalue weighted by Gasteiger charge is 2.15. The normalized spacial score (nSPS) is 11.0. The molecule has 0 saturated heterocycles. The lowest BCUT2D eigenvalue weighted by atomic mass is 10.2. The highest BCUT2D eigenvalue weighted by molar-refractivity contribution is 6.33. The Balaban J connectivity index is 2.34. The van der Waals surface area contributed by atoms with Crippen molar-refractivity contribution in [2.45, 2.75) is 26.4 Å². The third-order valence-electron chi connectivity index (χ3n) is 2.06. The molecule has 0 unspecified atom stereocenters. The number of hydrogen-bond acceptors (Lipinski definition) is 3. The maximum absolute atomic E-state index is 13.4. The molecule has 0 radical (unpaired) electrons. The molecular weight excluding hydrogens is 271 g/mol. The molecule has 19 heavy (non-hydrogen) atoms. The molecule has 0 saturated carbocycles. The molecule has 0 aliphatic heterocycles. The number of hydrogen-bond donors (Lipinski definition) is 2. The van der Waals surface area contributed by atoms with Gasteiger partial charge in [0.15, 0.2) is 0 Å². The first-order valence-corrected chi connectivity index (χ1v) is 6.32. The van der Waals surface area contributed by atoms with Gasteiger partial charge in [0.05, 0.1) is 10.7 Å². The first-order valence-electron chi connectivity index (χ1n) is 5.94. The highest BCUT2D eigenvalue weighted by atomic mass is 35.5. The van der Waals surface area contributed by atoms with Crippen LogP contribution in [0.2, 0.25) is 5.02 Å². The van der Waals surface area contributed by atoms with Crippen LogP contribution in [0.5, 0.6) is 0 Å². The third-order valence-corrected chi connectivity index (χ3v) is 2.37.